The third-order valence-corrected chi connectivity index (χ3v) is 4.62. The zero-order valence-electron chi connectivity index (χ0n) is 10.2. The Hall–Kier alpha value is -0.180. The van der Waals surface area contributed by atoms with Crippen LogP contribution in [0.15, 0.2) is 18.2 Å². The lowest BCUT2D eigenvalue weighted by Gasteiger charge is -2.15. The van der Waals surface area contributed by atoms with Gasteiger partial charge in [-0.05, 0) is 30.5 Å². The van der Waals surface area contributed by atoms with Gasteiger partial charge in [-0.3, -0.25) is 0 Å². The minimum atomic E-state index is 0.0806. The van der Waals surface area contributed by atoms with Gasteiger partial charge in [0.25, 0.3) is 0 Å². The quantitative estimate of drug-likeness (QED) is 0.856. The molecule has 0 radical (unpaired) electrons. The summed E-state index contributed by atoms with van der Waals surface area (Å²) < 4.78 is 0. The second kappa shape index (κ2) is 6.53. The van der Waals surface area contributed by atoms with Gasteiger partial charge in [-0.2, -0.15) is 11.8 Å². The molecule has 0 heterocycles. The fourth-order valence-electron chi connectivity index (χ4n) is 1.32. The third-order valence-electron chi connectivity index (χ3n) is 2.76. The van der Waals surface area contributed by atoms with E-state index >= 15 is 0 Å². The number of thioether (sulfide) groups is 1. The van der Waals surface area contributed by atoms with Crippen molar-refractivity contribution in [1.82, 2.24) is 0 Å². The second-order valence-electron chi connectivity index (χ2n) is 4.17. The van der Waals surface area contributed by atoms with Crippen molar-refractivity contribution in [3.05, 3.63) is 34.3 Å². The Morgan fingerprint density at radius 3 is 2.69 bits per heavy atom. The first kappa shape index (κ1) is 13.9. The van der Waals surface area contributed by atoms with Crippen LogP contribution >= 0.6 is 23.4 Å². The summed E-state index contributed by atoms with van der Waals surface area (Å²) in [6, 6.07) is 6.17. The summed E-state index contributed by atoms with van der Waals surface area (Å²) in [6.45, 7) is 6.44. The van der Waals surface area contributed by atoms with E-state index in [2.05, 4.69) is 19.9 Å². The summed E-state index contributed by atoms with van der Waals surface area (Å²) >= 11 is 8.01. The smallest absolute Gasteiger partial charge is 0.0438 e. The Morgan fingerprint density at radius 2 is 2.12 bits per heavy atom. The highest BCUT2D eigenvalue weighted by Gasteiger charge is 2.09. The van der Waals surface area contributed by atoms with Crippen LogP contribution < -0.4 is 5.73 Å². The molecule has 16 heavy (non-hydrogen) atoms. The molecular formula is C13H20ClNS. The van der Waals surface area contributed by atoms with Crippen molar-refractivity contribution in [2.75, 3.05) is 5.75 Å². The van der Waals surface area contributed by atoms with E-state index in [1.54, 1.807) is 0 Å². The van der Waals surface area contributed by atoms with Gasteiger partial charge in [0, 0.05) is 22.1 Å². The van der Waals surface area contributed by atoms with Crippen molar-refractivity contribution in [1.29, 1.82) is 0 Å². The maximum absolute atomic E-state index is 6.14. The highest BCUT2D eigenvalue weighted by Crippen LogP contribution is 2.24. The first-order valence-corrected chi connectivity index (χ1v) is 7.10. The van der Waals surface area contributed by atoms with Gasteiger partial charge in [0.2, 0.25) is 0 Å². The molecule has 0 aromatic heterocycles. The molecule has 90 valence electrons. The predicted octanol–water partition coefficient (Wildman–Crippen LogP) is 4.18. The van der Waals surface area contributed by atoms with Gasteiger partial charge < -0.3 is 5.73 Å². The maximum atomic E-state index is 6.14. The fourth-order valence-corrected chi connectivity index (χ4v) is 2.47. The van der Waals surface area contributed by atoms with E-state index in [-0.39, 0.29) is 6.04 Å². The van der Waals surface area contributed by atoms with E-state index in [9.17, 15) is 0 Å². The van der Waals surface area contributed by atoms with Crippen LogP contribution in [0.1, 0.15) is 37.4 Å². The van der Waals surface area contributed by atoms with Crippen LogP contribution in [0.3, 0.4) is 0 Å². The Labute approximate surface area is 108 Å². The van der Waals surface area contributed by atoms with Crippen LogP contribution in [-0.2, 0) is 0 Å². The summed E-state index contributed by atoms with van der Waals surface area (Å²) in [5, 5.41) is 1.48. The van der Waals surface area contributed by atoms with Gasteiger partial charge in [0.05, 0.1) is 0 Å². The minimum absolute atomic E-state index is 0.0806. The van der Waals surface area contributed by atoms with Gasteiger partial charge in [-0.1, -0.05) is 37.6 Å². The van der Waals surface area contributed by atoms with Gasteiger partial charge in [-0.25, -0.2) is 0 Å². The van der Waals surface area contributed by atoms with E-state index in [1.807, 2.05) is 30.8 Å². The van der Waals surface area contributed by atoms with E-state index < -0.39 is 0 Å². The SMILES string of the molecule is CCC(C)SCC(N)c1ccc(C)c(Cl)c1. The Bertz CT molecular complexity index is 341. The summed E-state index contributed by atoms with van der Waals surface area (Å²) in [7, 11) is 0. The molecule has 2 N–H and O–H groups in total. The number of nitrogens with two attached hydrogens (primary N) is 1. The average Bonchev–Trinajstić information content (AvgIpc) is 2.29. The number of aryl methyl sites for hydroxylation is 1. The first-order chi connectivity index (χ1) is 7.54. The monoisotopic (exact) mass is 257 g/mol. The van der Waals surface area contributed by atoms with Crippen LogP contribution in [-0.4, -0.2) is 11.0 Å². The summed E-state index contributed by atoms with van der Waals surface area (Å²) in [4.78, 5) is 0. The zero-order valence-corrected chi connectivity index (χ0v) is 11.7. The van der Waals surface area contributed by atoms with Crippen molar-refractivity contribution in [3.63, 3.8) is 0 Å². The summed E-state index contributed by atoms with van der Waals surface area (Å²) in [5.41, 5.74) is 8.37. The molecule has 0 saturated carbocycles. The van der Waals surface area contributed by atoms with Gasteiger partial charge in [0.1, 0.15) is 0 Å². The molecule has 1 nitrogen and oxygen atoms in total. The molecule has 3 heteroatoms. The maximum Gasteiger partial charge on any atom is 0.0438 e. The molecular weight excluding hydrogens is 238 g/mol. The third kappa shape index (κ3) is 4.00. The summed E-state index contributed by atoms with van der Waals surface area (Å²) in [6.07, 6.45) is 1.19. The number of rotatable bonds is 5. The number of benzene rings is 1. The number of hydrogen-bond acceptors (Lipinski definition) is 2. The molecule has 0 aliphatic rings. The van der Waals surface area contributed by atoms with Crippen LogP contribution in [0, 0.1) is 6.92 Å². The molecule has 1 aromatic carbocycles. The van der Waals surface area contributed by atoms with E-state index in [0.717, 1.165) is 21.9 Å². The number of halogens is 1. The zero-order chi connectivity index (χ0) is 12.1. The lowest BCUT2D eigenvalue weighted by atomic mass is 10.1. The Kier molecular flexibility index (Phi) is 5.67. The van der Waals surface area contributed by atoms with Crippen molar-refractivity contribution in [3.8, 4) is 0 Å². The molecule has 2 atom stereocenters. The lowest BCUT2D eigenvalue weighted by Crippen LogP contribution is -2.14. The largest absolute Gasteiger partial charge is 0.323 e. The lowest BCUT2D eigenvalue weighted by molar-refractivity contribution is 0.820. The summed E-state index contributed by atoms with van der Waals surface area (Å²) in [5.74, 6) is 0.953. The first-order valence-electron chi connectivity index (χ1n) is 5.67. The van der Waals surface area contributed by atoms with Crippen LogP contribution in [0.5, 0.6) is 0 Å². The van der Waals surface area contributed by atoms with Gasteiger partial charge in [0.15, 0.2) is 0 Å². The van der Waals surface area contributed by atoms with E-state index in [1.165, 1.54) is 6.42 Å². The van der Waals surface area contributed by atoms with Crippen molar-refractivity contribution >= 4 is 23.4 Å². The molecule has 2 unspecified atom stereocenters. The van der Waals surface area contributed by atoms with Crippen LogP contribution in [0.2, 0.25) is 5.02 Å². The molecule has 0 spiro atoms. The second-order valence-corrected chi connectivity index (χ2v) is 6.05. The van der Waals surface area contributed by atoms with Crippen molar-refractivity contribution in [2.45, 2.75) is 38.5 Å². The molecule has 0 aliphatic heterocycles. The molecule has 1 rings (SSSR count). The normalized spacial score (nSPS) is 14.8. The Balaban J connectivity index is 2.59. The molecule has 0 bridgehead atoms. The highest BCUT2D eigenvalue weighted by molar-refractivity contribution is 7.99. The standard InChI is InChI=1S/C13H20ClNS/c1-4-10(3)16-8-13(15)11-6-5-9(2)12(14)7-11/h5-7,10,13H,4,8,15H2,1-3H3. The average molecular weight is 258 g/mol. The Morgan fingerprint density at radius 1 is 1.44 bits per heavy atom. The molecule has 1 aromatic rings. The topological polar surface area (TPSA) is 26.0 Å². The van der Waals surface area contributed by atoms with Crippen molar-refractivity contribution < 1.29 is 0 Å². The van der Waals surface area contributed by atoms with E-state index in [4.69, 9.17) is 17.3 Å². The van der Waals surface area contributed by atoms with Crippen LogP contribution in [0.4, 0.5) is 0 Å². The minimum Gasteiger partial charge on any atom is -0.323 e. The fraction of sp³-hybridized carbons (Fsp3) is 0.538. The van der Waals surface area contributed by atoms with Crippen molar-refractivity contribution in [2.24, 2.45) is 5.73 Å². The molecule has 0 fully saturated rings. The van der Waals surface area contributed by atoms with Gasteiger partial charge >= 0.3 is 0 Å². The van der Waals surface area contributed by atoms with Gasteiger partial charge in [-0.15, -0.1) is 0 Å². The number of hydrogen-bond donors (Lipinski definition) is 1. The molecule has 0 amide bonds. The van der Waals surface area contributed by atoms with E-state index in [0.29, 0.717) is 5.25 Å². The van der Waals surface area contributed by atoms with Crippen LogP contribution in [0.25, 0.3) is 0 Å². The molecule has 0 aliphatic carbocycles. The predicted molar refractivity (Wildman–Crippen MR) is 75.3 cm³/mol. The highest BCUT2D eigenvalue weighted by atomic mass is 35.5. The molecule has 0 saturated heterocycles.